The molecule has 0 aromatic rings. The van der Waals surface area contributed by atoms with Crippen molar-refractivity contribution in [1.29, 1.82) is 0 Å². The van der Waals surface area contributed by atoms with E-state index in [0.717, 1.165) is 24.8 Å². The molecule has 0 saturated heterocycles. The van der Waals surface area contributed by atoms with Crippen molar-refractivity contribution >= 4 is 11.6 Å². The Morgan fingerprint density at radius 3 is 2.21 bits per heavy atom. The molecule has 0 atom stereocenters. The molecule has 2 nitrogen and oxygen atoms in total. The van der Waals surface area contributed by atoms with Crippen molar-refractivity contribution in [2.45, 2.75) is 52.9 Å². The van der Waals surface area contributed by atoms with Gasteiger partial charge in [-0.05, 0) is 39.2 Å². The molecule has 0 N–H and O–H groups in total. The summed E-state index contributed by atoms with van der Waals surface area (Å²) in [5.74, 6) is 0.422. The van der Waals surface area contributed by atoms with Crippen LogP contribution < -0.4 is 0 Å². The van der Waals surface area contributed by atoms with Gasteiger partial charge in [-0.15, -0.1) is 0 Å². The first-order valence-electron chi connectivity index (χ1n) is 5.25. The van der Waals surface area contributed by atoms with E-state index in [9.17, 15) is 9.59 Å². The summed E-state index contributed by atoms with van der Waals surface area (Å²) in [4.78, 5) is 21.9. The van der Waals surface area contributed by atoms with Crippen molar-refractivity contribution in [2.24, 2.45) is 0 Å². The van der Waals surface area contributed by atoms with Crippen molar-refractivity contribution in [1.82, 2.24) is 0 Å². The zero-order valence-corrected chi connectivity index (χ0v) is 9.43. The topological polar surface area (TPSA) is 34.1 Å². The highest BCUT2D eigenvalue weighted by molar-refractivity contribution is 5.90. The Bertz CT molecular complexity index is 226. The van der Waals surface area contributed by atoms with E-state index >= 15 is 0 Å². The van der Waals surface area contributed by atoms with Crippen LogP contribution in [-0.2, 0) is 9.59 Å². The van der Waals surface area contributed by atoms with Crippen molar-refractivity contribution < 1.29 is 9.59 Å². The predicted octanol–water partition coefficient (Wildman–Crippen LogP) is 3.06. The Balaban J connectivity index is 3.76. The zero-order chi connectivity index (χ0) is 11.0. The molecular formula is C12H20O2. The average Bonchev–Trinajstić information content (AvgIpc) is 2.03. The normalized spacial score (nSPS) is 11.5. The maximum atomic E-state index is 11.2. The molecule has 14 heavy (non-hydrogen) atoms. The minimum atomic E-state index is 0.202. The lowest BCUT2D eigenvalue weighted by molar-refractivity contribution is -0.117. The average molecular weight is 196 g/mol. The minimum Gasteiger partial charge on any atom is -0.300 e. The first-order valence-corrected chi connectivity index (χ1v) is 5.25. The van der Waals surface area contributed by atoms with Crippen LogP contribution in [0.3, 0.4) is 0 Å². The summed E-state index contributed by atoms with van der Waals surface area (Å²) in [7, 11) is 0. The molecule has 0 spiro atoms. The van der Waals surface area contributed by atoms with Gasteiger partial charge in [-0.3, -0.25) is 4.79 Å². The smallest absolute Gasteiger partial charge is 0.155 e. The summed E-state index contributed by atoms with van der Waals surface area (Å²) in [6.07, 6.45) is 5.57. The number of ketones is 2. The Hall–Kier alpha value is -0.920. The molecule has 2 heteroatoms. The highest BCUT2D eigenvalue weighted by Crippen LogP contribution is 2.07. The molecule has 0 aliphatic rings. The third kappa shape index (κ3) is 7.71. The Morgan fingerprint density at radius 1 is 1.07 bits per heavy atom. The van der Waals surface area contributed by atoms with Crippen LogP contribution in [0.25, 0.3) is 0 Å². The SMILES string of the molecule is CCCC(=O)/C=C(\C)CCCC(C)=O. The Labute approximate surface area is 86.4 Å². The van der Waals surface area contributed by atoms with Crippen LogP contribution in [0.2, 0.25) is 0 Å². The molecule has 80 valence electrons. The molecule has 0 saturated carbocycles. The van der Waals surface area contributed by atoms with Gasteiger partial charge in [0.1, 0.15) is 5.78 Å². The molecule has 0 aliphatic heterocycles. The quantitative estimate of drug-likeness (QED) is 0.586. The fourth-order valence-electron chi connectivity index (χ4n) is 1.28. The van der Waals surface area contributed by atoms with Gasteiger partial charge in [-0.2, -0.15) is 0 Å². The number of allylic oxidation sites excluding steroid dienone is 2. The van der Waals surface area contributed by atoms with Gasteiger partial charge in [0.05, 0.1) is 0 Å². The standard InChI is InChI=1S/C12H20O2/c1-4-6-12(14)9-10(2)7-5-8-11(3)13/h9H,4-8H2,1-3H3/b10-9+. The summed E-state index contributed by atoms with van der Waals surface area (Å²) >= 11 is 0. The largest absolute Gasteiger partial charge is 0.300 e. The number of Topliss-reactive ketones (excluding diaryl/α,β-unsaturated/α-hetero) is 1. The van der Waals surface area contributed by atoms with E-state index in [-0.39, 0.29) is 11.6 Å². The van der Waals surface area contributed by atoms with Crippen molar-refractivity contribution in [3.63, 3.8) is 0 Å². The fraction of sp³-hybridized carbons (Fsp3) is 0.667. The second-order valence-corrected chi connectivity index (χ2v) is 3.76. The summed E-state index contributed by atoms with van der Waals surface area (Å²) in [5, 5.41) is 0. The highest BCUT2D eigenvalue weighted by Gasteiger charge is 1.98. The maximum absolute atomic E-state index is 11.2. The number of hydrogen-bond acceptors (Lipinski definition) is 2. The van der Waals surface area contributed by atoms with Gasteiger partial charge in [0.2, 0.25) is 0 Å². The summed E-state index contributed by atoms with van der Waals surface area (Å²) in [6, 6.07) is 0. The van der Waals surface area contributed by atoms with Crippen LogP contribution in [-0.4, -0.2) is 11.6 Å². The zero-order valence-electron chi connectivity index (χ0n) is 9.43. The monoisotopic (exact) mass is 196 g/mol. The number of carbonyl (C=O) groups excluding carboxylic acids is 2. The van der Waals surface area contributed by atoms with Crippen LogP contribution in [0.15, 0.2) is 11.6 Å². The van der Waals surface area contributed by atoms with E-state index < -0.39 is 0 Å². The molecule has 0 aromatic carbocycles. The molecule has 0 unspecified atom stereocenters. The molecule has 0 amide bonds. The van der Waals surface area contributed by atoms with Crippen LogP contribution >= 0.6 is 0 Å². The lowest BCUT2D eigenvalue weighted by atomic mass is 10.1. The number of hydrogen-bond donors (Lipinski definition) is 0. The van der Waals surface area contributed by atoms with Crippen LogP contribution in [0.4, 0.5) is 0 Å². The number of carbonyl (C=O) groups is 2. The fourth-order valence-corrected chi connectivity index (χ4v) is 1.28. The van der Waals surface area contributed by atoms with Crippen LogP contribution in [0.5, 0.6) is 0 Å². The van der Waals surface area contributed by atoms with Gasteiger partial charge in [0.25, 0.3) is 0 Å². The first-order chi connectivity index (χ1) is 6.56. The lowest BCUT2D eigenvalue weighted by Gasteiger charge is -1.99. The third-order valence-corrected chi connectivity index (χ3v) is 2.00. The van der Waals surface area contributed by atoms with Gasteiger partial charge in [0, 0.05) is 12.8 Å². The van der Waals surface area contributed by atoms with E-state index in [1.807, 2.05) is 13.8 Å². The Morgan fingerprint density at radius 2 is 1.71 bits per heavy atom. The minimum absolute atomic E-state index is 0.202. The van der Waals surface area contributed by atoms with E-state index in [4.69, 9.17) is 0 Å². The van der Waals surface area contributed by atoms with Gasteiger partial charge in [-0.25, -0.2) is 0 Å². The van der Waals surface area contributed by atoms with E-state index in [1.54, 1.807) is 13.0 Å². The molecule has 0 fully saturated rings. The van der Waals surface area contributed by atoms with E-state index in [1.165, 1.54) is 0 Å². The second kappa shape index (κ2) is 7.48. The van der Waals surface area contributed by atoms with Gasteiger partial charge >= 0.3 is 0 Å². The first kappa shape index (κ1) is 13.1. The van der Waals surface area contributed by atoms with E-state index in [2.05, 4.69) is 0 Å². The molecule has 0 rings (SSSR count). The molecular weight excluding hydrogens is 176 g/mol. The summed E-state index contributed by atoms with van der Waals surface area (Å²) < 4.78 is 0. The highest BCUT2D eigenvalue weighted by atomic mass is 16.1. The van der Waals surface area contributed by atoms with Gasteiger partial charge < -0.3 is 4.79 Å². The predicted molar refractivity (Wildman–Crippen MR) is 58.2 cm³/mol. The van der Waals surface area contributed by atoms with Crippen molar-refractivity contribution in [2.75, 3.05) is 0 Å². The lowest BCUT2D eigenvalue weighted by Crippen LogP contribution is -1.94. The molecule has 0 heterocycles. The summed E-state index contributed by atoms with van der Waals surface area (Å²) in [5.41, 5.74) is 1.09. The van der Waals surface area contributed by atoms with E-state index in [0.29, 0.717) is 12.8 Å². The van der Waals surface area contributed by atoms with Crippen LogP contribution in [0.1, 0.15) is 52.9 Å². The molecule has 0 aromatic heterocycles. The Kier molecular flexibility index (Phi) is 6.99. The van der Waals surface area contributed by atoms with Crippen molar-refractivity contribution in [3.8, 4) is 0 Å². The van der Waals surface area contributed by atoms with Crippen LogP contribution in [0, 0.1) is 0 Å². The molecule has 0 radical (unpaired) electrons. The van der Waals surface area contributed by atoms with Gasteiger partial charge in [-0.1, -0.05) is 12.5 Å². The third-order valence-electron chi connectivity index (χ3n) is 2.00. The maximum Gasteiger partial charge on any atom is 0.155 e. The van der Waals surface area contributed by atoms with Crippen molar-refractivity contribution in [3.05, 3.63) is 11.6 Å². The van der Waals surface area contributed by atoms with Gasteiger partial charge in [0.15, 0.2) is 5.78 Å². The number of rotatable bonds is 7. The molecule has 0 aliphatic carbocycles. The summed E-state index contributed by atoms with van der Waals surface area (Å²) in [6.45, 7) is 5.55. The second-order valence-electron chi connectivity index (χ2n) is 3.76. The molecule has 0 bridgehead atoms.